The molecule has 2 amide bonds. The van der Waals surface area contributed by atoms with Crippen molar-refractivity contribution in [2.45, 2.75) is 38.0 Å². The molecule has 8 nitrogen and oxygen atoms in total. The zero-order valence-electron chi connectivity index (χ0n) is 16.2. The summed E-state index contributed by atoms with van der Waals surface area (Å²) in [5.74, 6) is -2.53. The van der Waals surface area contributed by atoms with Crippen molar-refractivity contribution in [2.75, 3.05) is 25.9 Å². The fourth-order valence-corrected chi connectivity index (χ4v) is 4.81. The first kappa shape index (κ1) is 21.6. The van der Waals surface area contributed by atoms with Crippen molar-refractivity contribution in [1.82, 2.24) is 19.8 Å². The Hall–Kier alpha value is -2.11. The molecule has 2 N–H and O–H groups in total. The lowest BCUT2D eigenvalue weighted by atomic mass is 10.1. The summed E-state index contributed by atoms with van der Waals surface area (Å²) in [6.45, 7) is 2.42. The average Bonchev–Trinajstić information content (AvgIpc) is 2.91. The second kappa shape index (κ2) is 8.33. The van der Waals surface area contributed by atoms with Gasteiger partial charge in [0.25, 0.3) is 0 Å². The van der Waals surface area contributed by atoms with Gasteiger partial charge in [-0.1, -0.05) is 6.07 Å². The van der Waals surface area contributed by atoms with E-state index in [0.29, 0.717) is 18.5 Å². The van der Waals surface area contributed by atoms with Crippen molar-refractivity contribution in [3.05, 3.63) is 35.4 Å². The van der Waals surface area contributed by atoms with E-state index in [1.807, 2.05) is 4.90 Å². The highest BCUT2D eigenvalue weighted by Crippen LogP contribution is 2.25. The zero-order valence-corrected chi connectivity index (χ0v) is 17.0. The Balaban J connectivity index is 1.81. The van der Waals surface area contributed by atoms with Crippen LogP contribution in [0.1, 0.15) is 18.9 Å². The van der Waals surface area contributed by atoms with Crippen LogP contribution in [-0.4, -0.2) is 74.0 Å². The molecule has 2 fully saturated rings. The number of carbonyl (C=O) groups excluding carboxylic acids is 2. The van der Waals surface area contributed by atoms with Crippen LogP contribution in [0.25, 0.3) is 0 Å². The number of rotatable bonds is 5. The molecule has 0 radical (unpaired) electrons. The quantitative estimate of drug-likeness (QED) is 0.675. The molecule has 0 bridgehead atoms. The molecule has 3 rings (SSSR count). The monoisotopic (exact) mass is 430 g/mol. The second-order valence-electron chi connectivity index (χ2n) is 7.66. The summed E-state index contributed by atoms with van der Waals surface area (Å²) in [6.07, 6.45) is 1.49. The molecule has 11 heteroatoms. The van der Waals surface area contributed by atoms with E-state index in [1.165, 1.54) is 13.0 Å². The topological polar surface area (TPSA) is 98.8 Å². The number of nitrogens with zero attached hydrogens (tertiary/aromatic N) is 2. The lowest BCUT2D eigenvalue weighted by Crippen LogP contribution is -2.51. The molecule has 29 heavy (non-hydrogen) atoms. The van der Waals surface area contributed by atoms with E-state index in [9.17, 15) is 26.8 Å². The minimum Gasteiger partial charge on any atom is -0.343 e. The Kier molecular flexibility index (Phi) is 6.20. The molecule has 0 aliphatic carbocycles. The number of nitrogens with one attached hydrogen (secondary N) is 2. The number of amides is 2. The molecular weight excluding hydrogens is 406 g/mol. The first-order chi connectivity index (χ1) is 13.5. The third-order valence-corrected chi connectivity index (χ3v) is 5.82. The van der Waals surface area contributed by atoms with Crippen molar-refractivity contribution in [3.8, 4) is 0 Å². The summed E-state index contributed by atoms with van der Waals surface area (Å²) in [4.78, 5) is 28.0. The minimum atomic E-state index is -3.43. The first-order valence-corrected chi connectivity index (χ1v) is 11.1. The van der Waals surface area contributed by atoms with Crippen LogP contribution in [0.4, 0.5) is 8.78 Å². The first-order valence-electron chi connectivity index (χ1n) is 9.23. The van der Waals surface area contributed by atoms with Gasteiger partial charge in [0.2, 0.25) is 21.8 Å². The standard InChI is InChI=1S/C18H24F2N4O4S/c1-11(25)21-17-10-23(7-12-3-4-15(19)16(20)5-12)9-14-6-13(22-29(2,27)28)8-24(14)18(17)26/h3-5,13-14,17,22H,6-10H2,1-2H3,(H,21,25)/t13-,14-,17-/m0/s1. The van der Waals surface area contributed by atoms with Crippen LogP contribution in [0.15, 0.2) is 18.2 Å². The normalized spacial score (nSPS) is 25.6. The van der Waals surface area contributed by atoms with Crippen LogP contribution >= 0.6 is 0 Å². The average molecular weight is 430 g/mol. The Morgan fingerprint density at radius 1 is 1.21 bits per heavy atom. The molecule has 3 atom stereocenters. The summed E-state index contributed by atoms with van der Waals surface area (Å²) >= 11 is 0. The molecule has 1 aromatic carbocycles. The molecule has 2 heterocycles. The highest BCUT2D eigenvalue weighted by atomic mass is 32.2. The minimum absolute atomic E-state index is 0.214. The van der Waals surface area contributed by atoms with E-state index in [1.54, 1.807) is 4.90 Å². The Labute approximate surface area is 168 Å². The van der Waals surface area contributed by atoms with Crippen LogP contribution in [0.2, 0.25) is 0 Å². The van der Waals surface area contributed by atoms with E-state index >= 15 is 0 Å². The Morgan fingerprint density at radius 2 is 1.93 bits per heavy atom. The van der Waals surface area contributed by atoms with Gasteiger partial charge in [0.05, 0.1) is 6.26 Å². The maximum atomic E-state index is 13.6. The molecule has 0 aromatic heterocycles. The van der Waals surface area contributed by atoms with Crippen LogP contribution in [0.3, 0.4) is 0 Å². The lowest BCUT2D eigenvalue weighted by Gasteiger charge is -2.25. The van der Waals surface area contributed by atoms with Gasteiger partial charge in [0, 0.05) is 45.2 Å². The van der Waals surface area contributed by atoms with E-state index < -0.39 is 33.7 Å². The number of benzene rings is 1. The van der Waals surface area contributed by atoms with E-state index in [2.05, 4.69) is 10.0 Å². The van der Waals surface area contributed by atoms with Gasteiger partial charge in [-0.25, -0.2) is 21.9 Å². The highest BCUT2D eigenvalue weighted by Gasteiger charge is 2.42. The van der Waals surface area contributed by atoms with E-state index in [4.69, 9.17) is 0 Å². The molecule has 0 saturated carbocycles. The molecule has 160 valence electrons. The van der Waals surface area contributed by atoms with Crippen LogP contribution < -0.4 is 10.0 Å². The molecule has 0 unspecified atom stereocenters. The van der Waals surface area contributed by atoms with Gasteiger partial charge in [0.15, 0.2) is 11.6 Å². The summed E-state index contributed by atoms with van der Waals surface area (Å²) in [5.41, 5.74) is 0.537. The van der Waals surface area contributed by atoms with Crippen LogP contribution in [0, 0.1) is 11.6 Å². The van der Waals surface area contributed by atoms with Gasteiger partial charge in [-0.15, -0.1) is 0 Å². The molecule has 2 aliphatic heterocycles. The maximum Gasteiger partial charge on any atom is 0.246 e. The Bertz CT molecular complexity index is 911. The van der Waals surface area contributed by atoms with Crippen molar-refractivity contribution < 1.29 is 26.8 Å². The summed E-state index contributed by atoms with van der Waals surface area (Å²) in [6, 6.07) is 2.15. The van der Waals surface area contributed by atoms with Gasteiger partial charge in [0.1, 0.15) is 6.04 Å². The fraction of sp³-hybridized carbons (Fsp3) is 0.556. The molecule has 2 saturated heterocycles. The molecule has 1 aromatic rings. The van der Waals surface area contributed by atoms with Crippen LogP contribution in [-0.2, 0) is 26.2 Å². The fourth-order valence-electron chi connectivity index (χ4n) is 4.03. The maximum absolute atomic E-state index is 13.6. The number of carbonyl (C=O) groups is 2. The largest absolute Gasteiger partial charge is 0.343 e. The van der Waals surface area contributed by atoms with Crippen LogP contribution in [0.5, 0.6) is 0 Å². The zero-order chi connectivity index (χ0) is 21.3. The number of sulfonamides is 1. The van der Waals surface area contributed by atoms with E-state index in [0.717, 1.165) is 18.4 Å². The van der Waals surface area contributed by atoms with Gasteiger partial charge >= 0.3 is 0 Å². The molecule has 2 aliphatic rings. The highest BCUT2D eigenvalue weighted by molar-refractivity contribution is 7.88. The number of hydrogen-bond acceptors (Lipinski definition) is 5. The number of hydrogen-bond donors (Lipinski definition) is 2. The number of fused-ring (bicyclic) bond motifs is 1. The van der Waals surface area contributed by atoms with E-state index in [-0.39, 0.29) is 37.5 Å². The number of halogens is 2. The second-order valence-corrected chi connectivity index (χ2v) is 9.44. The SMILES string of the molecule is CC(=O)N[C@H]1CN(Cc2ccc(F)c(F)c2)C[C@@H]2C[C@H](NS(C)(=O)=O)CN2C1=O. The van der Waals surface area contributed by atoms with Crippen molar-refractivity contribution in [2.24, 2.45) is 0 Å². The molecule has 0 spiro atoms. The predicted molar refractivity (Wildman–Crippen MR) is 101 cm³/mol. The Morgan fingerprint density at radius 3 is 2.55 bits per heavy atom. The smallest absolute Gasteiger partial charge is 0.246 e. The van der Waals surface area contributed by atoms with Gasteiger partial charge in [-0.3, -0.25) is 14.5 Å². The summed E-state index contributed by atoms with van der Waals surface area (Å²) in [5, 5.41) is 2.64. The third kappa shape index (κ3) is 5.49. The summed E-state index contributed by atoms with van der Waals surface area (Å²) < 4.78 is 52.4. The van der Waals surface area contributed by atoms with Crippen molar-refractivity contribution in [3.63, 3.8) is 0 Å². The van der Waals surface area contributed by atoms with Crippen molar-refractivity contribution in [1.29, 1.82) is 0 Å². The lowest BCUT2D eigenvalue weighted by molar-refractivity contribution is -0.135. The molecular formula is C18H24F2N4O4S. The third-order valence-electron chi connectivity index (χ3n) is 5.05. The summed E-state index contributed by atoms with van der Waals surface area (Å²) in [7, 11) is -3.43. The van der Waals surface area contributed by atoms with Gasteiger partial charge < -0.3 is 10.2 Å². The van der Waals surface area contributed by atoms with Crippen molar-refractivity contribution >= 4 is 21.8 Å². The van der Waals surface area contributed by atoms with Gasteiger partial charge in [-0.2, -0.15) is 0 Å². The van der Waals surface area contributed by atoms with Gasteiger partial charge in [-0.05, 0) is 24.1 Å². The predicted octanol–water partition coefficient (Wildman–Crippen LogP) is -0.196.